The summed E-state index contributed by atoms with van der Waals surface area (Å²) in [4.78, 5) is 16.3. The molecule has 1 aromatic carbocycles. The van der Waals surface area contributed by atoms with Gasteiger partial charge in [-0.3, -0.25) is 4.79 Å². The van der Waals surface area contributed by atoms with E-state index in [2.05, 4.69) is 4.90 Å². The molecule has 134 valence electrons. The largest absolute Gasteiger partial charge is 0.438 e. The van der Waals surface area contributed by atoms with E-state index in [9.17, 15) is 13.2 Å². The standard InChI is InChI=1S/C16H18ClN3O4S/c1-11-2-3-12(17)10-13(11)19-6-8-20(9-7-19)16(21)14-4-5-15(24-14)25(18,22)23/h2-5,10H,6-9H2,1H3,(H2,18,22,23). The quantitative estimate of drug-likeness (QED) is 0.872. The van der Waals surface area contributed by atoms with E-state index in [1.54, 1.807) is 4.90 Å². The number of amides is 1. The van der Waals surface area contributed by atoms with E-state index < -0.39 is 15.1 Å². The molecule has 0 bridgehead atoms. The molecular formula is C16H18ClN3O4S. The highest BCUT2D eigenvalue weighted by Crippen LogP contribution is 2.25. The van der Waals surface area contributed by atoms with Crippen LogP contribution in [0.25, 0.3) is 0 Å². The zero-order valence-corrected chi connectivity index (χ0v) is 15.2. The third-order valence-electron chi connectivity index (χ3n) is 4.15. The number of rotatable bonds is 3. The van der Waals surface area contributed by atoms with Gasteiger partial charge in [0, 0.05) is 36.9 Å². The lowest BCUT2D eigenvalue weighted by Crippen LogP contribution is -2.48. The third-order valence-corrected chi connectivity index (χ3v) is 5.17. The zero-order chi connectivity index (χ0) is 18.2. The van der Waals surface area contributed by atoms with Crippen LogP contribution in [0.5, 0.6) is 0 Å². The Balaban J connectivity index is 1.69. The molecule has 1 aromatic heterocycles. The number of halogens is 1. The molecule has 1 fully saturated rings. The summed E-state index contributed by atoms with van der Waals surface area (Å²) in [6.45, 7) is 4.30. The average Bonchev–Trinajstić information content (AvgIpc) is 3.07. The van der Waals surface area contributed by atoms with Crippen LogP contribution in [0.15, 0.2) is 39.8 Å². The number of furan rings is 1. The Morgan fingerprint density at radius 2 is 1.84 bits per heavy atom. The Hall–Kier alpha value is -2.03. The summed E-state index contributed by atoms with van der Waals surface area (Å²) < 4.78 is 27.6. The van der Waals surface area contributed by atoms with Gasteiger partial charge in [-0.2, -0.15) is 0 Å². The summed E-state index contributed by atoms with van der Waals surface area (Å²) in [6, 6.07) is 8.25. The van der Waals surface area contributed by atoms with E-state index in [1.165, 1.54) is 12.1 Å². The van der Waals surface area contributed by atoms with Crippen LogP contribution in [-0.2, 0) is 10.0 Å². The molecule has 25 heavy (non-hydrogen) atoms. The monoisotopic (exact) mass is 383 g/mol. The fourth-order valence-corrected chi connectivity index (χ4v) is 3.45. The van der Waals surface area contributed by atoms with Crippen LogP contribution in [0.2, 0.25) is 5.02 Å². The van der Waals surface area contributed by atoms with Crippen molar-refractivity contribution in [2.24, 2.45) is 5.14 Å². The Kier molecular flexibility index (Phi) is 4.77. The Morgan fingerprint density at radius 3 is 2.44 bits per heavy atom. The fourth-order valence-electron chi connectivity index (χ4n) is 2.82. The smallest absolute Gasteiger partial charge is 0.289 e. The van der Waals surface area contributed by atoms with Crippen molar-refractivity contribution in [3.8, 4) is 0 Å². The van der Waals surface area contributed by atoms with Crippen molar-refractivity contribution < 1.29 is 17.6 Å². The Bertz CT molecular complexity index is 902. The highest BCUT2D eigenvalue weighted by molar-refractivity contribution is 7.89. The molecule has 0 saturated carbocycles. The molecule has 1 saturated heterocycles. The van der Waals surface area contributed by atoms with Crippen molar-refractivity contribution in [2.75, 3.05) is 31.1 Å². The highest BCUT2D eigenvalue weighted by Gasteiger charge is 2.26. The topological polar surface area (TPSA) is 96.9 Å². The fraction of sp³-hybridized carbons (Fsp3) is 0.312. The van der Waals surface area contributed by atoms with Gasteiger partial charge < -0.3 is 14.2 Å². The summed E-state index contributed by atoms with van der Waals surface area (Å²) in [5.41, 5.74) is 2.17. The van der Waals surface area contributed by atoms with Crippen molar-refractivity contribution in [3.63, 3.8) is 0 Å². The van der Waals surface area contributed by atoms with Crippen LogP contribution < -0.4 is 10.0 Å². The van der Waals surface area contributed by atoms with Crippen molar-refractivity contribution in [3.05, 3.63) is 46.7 Å². The van der Waals surface area contributed by atoms with Gasteiger partial charge in [-0.15, -0.1) is 0 Å². The number of aryl methyl sites for hydroxylation is 1. The number of primary sulfonamides is 1. The zero-order valence-electron chi connectivity index (χ0n) is 13.6. The van der Waals surface area contributed by atoms with Gasteiger partial charge in [0.25, 0.3) is 15.9 Å². The second-order valence-corrected chi connectivity index (χ2v) is 7.80. The Labute approximate surface area is 151 Å². The van der Waals surface area contributed by atoms with Crippen LogP contribution in [0.3, 0.4) is 0 Å². The summed E-state index contributed by atoms with van der Waals surface area (Å²) in [5, 5.41) is 5.25. The normalized spacial score (nSPS) is 15.5. The number of hydrogen-bond acceptors (Lipinski definition) is 5. The molecule has 7 nitrogen and oxygen atoms in total. The number of carbonyl (C=O) groups excluding carboxylic acids is 1. The molecule has 2 aromatic rings. The minimum atomic E-state index is -3.96. The highest BCUT2D eigenvalue weighted by atomic mass is 35.5. The van der Waals surface area contributed by atoms with Gasteiger partial charge in [0.15, 0.2) is 5.76 Å². The minimum Gasteiger partial charge on any atom is -0.438 e. The predicted octanol–water partition coefficient (Wildman–Crippen LogP) is 1.85. The molecule has 1 amide bonds. The number of carbonyl (C=O) groups is 1. The first kappa shape index (κ1) is 17.8. The molecule has 1 aliphatic heterocycles. The average molecular weight is 384 g/mol. The number of benzene rings is 1. The maximum Gasteiger partial charge on any atom is 0.289 e. The molecule has 1 aliphatic rings. The summed E-state index contributed by atoms with van der Waals surface area (Å²) >= 11 is 6.07. The lowest BCUT2D eigenvalue weighted by molar-refractivity contribution is 0.0709. The summed E-state index contributed by atoms with van der Waals surface area (Å²) in [7, 11) is -3.96. The van der Waals surface area contributed by atoms with Crippen LogP contribution >= 0.6 is 11.6 Å². The number of hydrogen-bond donors (Lipinski definition) is 1. The van der Waals surface area contributed by atoms with Gasteiger partial charge in [0.2, 0.25) is 5.09 Å². The van der Waals surface area contributed by atoms with Gasteiger partial charge in [0.1, 0.15) is 0 Å². The molecule has 9 heteroatoms. The van der Waals surface area contributed by atoms with E-state index in [4.69, 9.17) is 21.2 Å². The molecule has 2 heterocycles. The number of piperazine rings is 1. The molecule has 3 rings (SSSR count). The lowest BCUT2D eigenvalue weighted by atomic mass is 10.1. The van der Waals surface area contributed by atoms with Crippen molar-refractivity contribution in [1.29, 1.82) is 0 Å². The molecule has 0 atom stereocenters. The van der Waals surface area contributed by atoms with Crippen molar-refractivity contribution in [2.45, 2.75) is 12.0 Å². The second kappa shape index (κ2) is 6.70. The van der Waals surface area contributed by atoms with Crippen LogP contribution in [0.4, 0.5) is 5.69 Å². The number of sulfonamides is 1. The lowest BCUT2D eigenvalue weighted by Gasteiger charge is -2.36. The van der Waals surface area contributed by atoms with Crippen LogP contribution in [0, 0.1) is 6.92 Å². The van der Waals surface area contributed by atoms with E-state index in [0.717, 1.165) is 11.3 Å². The number of nitrogens with zero attached hydrogens (tertiary/aromatic N) is 2. The van der Waals surface area contributed by atoms with Gasteiger partial charge in [0.05, 0.1) is 0 Å². The van der Waals surface area contributed by atoms with E-state index in [0.29, 0.717) is 31.2 Å². The van der Waals surface area contributed by atoms with Crippen LogP contribution in [0.1, 0.15) is 16.1 Å². The molecule has 0 spiro atoms. The summed E-state index contributed by atoms with van der Waals surface area (Å²) in [6.07, 6.45) is 0. The molecule has 0 radical (unpaired) electrons. The first-order chi connectivity index (χ1) is 11.8. The maximum atomic E-state index is 12.5. The van der Waals surface area contributed by atoms with Gasteiger partial charge in [-0.1, -0.05) is 17.7 Å². The molecule has 2 N–H and O–H groups in total. The second-order valence-electron chi connectivity index (χ2n) is 5.87. The van der Waals surface area contributed by atoms with Gasteiger partial charge in [-0.25, -0.2) is 13.6 Å². The number of nitrogens with two attached hydrogens (primary N) is 1. The van der Waals surface area contributed by atoms with Crippen molar-refractivity contribution in [1.82, 2.24) is 4.90 Å². The summed E-state index contributed by atoms with van der Waals surface area (Å²) in [5.74, 6) is -0.381. The third kappa shape index (κ3) is 3.81. The Morgan fingerprint density at radius 1 is 1.16 bits per heavy atom. The SMILES string of the molecule is Cc1ccc(Cl)cc1N1CCN(C(=O)c2ccc(S(N)(=O)=O)o2)CC1. The molecule has 0 unspecified atom stereocenters. The van der Waals surface area contributed by atoms with Gasteiger partial charge >= 0.3 is 0 Å². The van der Waals surface area contributed by atoms with Crippen molar-refractivity contribution >= 4 is 33.2 Å². The predicted molar refractivity (Wildman–Crippen MR) is 94.4 cm³/mol. The number of anilines is 1. The van der Waals surface area contributed by atoms with E-state index in [-0.39, 0.29) is 11.7 Å². The minimum absolute atomic E-state index is 0.0311. The van der Waals surface area contributed by atoms with Gasteiger partial charge in [-0.05, 0) is 36.8 Å². The van der Waals surface area contributed by atoms with E-state index in [1.807, 2.05) is 25.1 Å². The molecular weight excluding hydrogens is 366 g/mol. The maximum absolute atomic E-state index is 12.5. The first-order valence-electron chi connectivity index (χ1n) is 7.69. The van der Waals surface area contributed by atoms with E-state index >= 15 is 0 Å². The molecule has 0 aliphatic carbocycles. The van der Waals surface area contributed by atoms with Crippen LogP contribution in [-0.4, -0.2) is 45.4 Å². The first-order valence-corrected chi connectivity index (χ1v) is 9.61.